The summed E-state index contributed by atoms with van der Waals surface area (Å²) in [6, 6.07) is 12.5. The Morgan fingerprint density at radius 1 is 1.00 bits per heavy atom. The van der Waals surface area contributed by atoms with Gasteiger partial charge in [0.25, 0.3) is 0 Å². The molecule has 0 aliphatic heterocycles. The van der Waals surface area contributed by atoms with E-state index in [0.29, 0.717) is 0 Å². The Labute approximate surface area is 97.1 Å². The van der Waals surface area contributed by atoms with Crippen LogP contribution in [0.4, 0.5) is 5.69 Å². The summed E-state index contributed by atoms with van der Waals surface area (Å²) >= 11 is 2.59. The van der Waals surface area contributed by atoms with Crippen LogP contribution in [0.1, 0.15) is 0 Å². The number of benzene rings is 2. The van der Waals surface area contributed by atoms with Crippen molar-refractivity contribution in [1.29, 1.82) is 0 Å². The molecular formula is C10H8I2N-. The maximum atomic E-state index is 5.89. The van der Waals surface area contributed by atoms with Gasteiger partial charge in [-0.05, 0) is 0 Å². The van der Waals surface area contributed by atoms with E-state index in [1.54, 1.807) is 0 Å². The van der Waals surface area contributed by atoms with E-state index in [2.05, 4.69) is 42.9 Å². The Morgan fingerprint density at radius 2 is 1.69 bits per heavy atom. The predicted molar refractivity (Wildman–Crippen MR) is 61.1 cm³/mol. The first-order valence-electron chi connectivity index (χ1n) is 3.86. The van der Waals surface area contributed by atoms with Gasteiger partial charge in [-0.25, -0.2) is 0 Å². The fourth-order valence-electron chi connectivity index (χ4n) is 1.35. The van der Waals surface area contributed by atoms with Gasteiger partial charge in [0.05, 0.1) is 0 Å². The molecule has 0 saturated heterocycles. The predicted octanol–water partition coefficient (Wildman–Crippen LogP) is 0.0306. The topological polar surface area (TPSA) is 26.0 Å². The van der Waals surface area contributed by atoms with Gasteiger partial charge in [0.2, 0.25) is 0 Å². The van der Waals surface area contributed by atoms with Crippen molar-refractivity contribution in [3.8, 4) is 0 Å². The molecule has 3 heteroatoms. The van der Waals surface area contributed by atoms with Crippen LogP contribution in [-0.2, 0) is 0 Å². The molecule has 0 heterocycles. The molecule has 2 rings (SSSR count). The molecule has 0 unspecified atom stereocenters. The summed E-state index contributed by atoms with van der Waals surface area (Å²) in [7, 11) is 0. The third-order valence-electron chi connectivity index (χ3n) is 1.98. The summed E-state index contributed by atoms with van der Waals surface area (Å²) in [6.07, 6.45) is 0. The molecule has 0 aliphatic rings. The summed E-state index contributed by atoms with van der Waals surface area (Å²) in [5.74, 6) is 0. The second-order valence-electron chi connectivity index (χ2n) is 2.75. The fraction of sp³-hybridized carbons (Fsp3) is 0. The zero-order chi connectivity index (χ0) is 9.26. The van der Waals surface area contributed by atoms with Crippen LogP contribution < -0.4 is 23.0 Å². The minimum absolute atomic E-state index is 0.109. The monoisotopic (exact) mass is 396 g/mol. The SMILES string of the molecule is Nc1ccc([I-]I)c2ccccc12. The Kier molecular flexibility index (Phi) is 2.92. The van der Waals surface area contributed by atoms with Crippen molar-refractivity contribution in [3.63, 3.8) is 0 Å². The average molecular weight is 396 g/mol. The van der Waals surface area contributed by atoms with E-state index in [-0.39, 0.29) is 17.2 Å². The van der Waals surface area contributed by atoms with Gasteiger partial charge in [0.15, 0.2) is 0 Å². The number of nitrogen functional groups attached to an aromatic ring is 1. The third kappa shape index (κ3) is 1.76. The fourth-order valence-corrected chi connectivity index (χ4v) is 4.74. The van der Waals surface area contributed by atoms with Crippen molar-refractivity contribution in [1.82, 2.24) is 0 Å². The van der Waals surface area contributed by atoms with E-state index < -0.39 is 0 Å². The van der Waals surface area contributed by atoms with Crippen LogP contribution in [0.15, 0.2) is 36.4 Å². The standard InChI is InChI=1S/C10H8I2N/c11-12-9-5-6-10(13)8-4-2-1-3-7(8)9/h1-6H,13H2/q-1. The second-order valence-corrected chi connectivity index (χ2v) is 7.06. The van der Waals surface area contributed by atoms with Gasteiger partial charge in [0, 0.05) is 0 Å². The average Bonchev–Trinajstić information content (AvgIpc) is 2.19. The molecule has 1 nitrogen and oxygen atoms in total. The Bertz CT molecular complexity index is 440. The summed E-state index contributed by atoms with van der Waals surface area (Å²) in [5, 5.41) is 2.51. The van der Waals surface area contributed by atoms with Crippen LogP contribution in [0.2, 0.25) is 0 Å². The first kappa shape index (κ1) is 9.51. The number of nitrogens with two attached hydrogens (primary N) is 1. The molecule has 68 valence electrons. The number of fused-ring (bicyclic) bond motifs is 1. The van der Waals surface area contributed by atoms with Crippen molar-refractivity contribution < 1.29 is 17.2 Å². The number of anilines is 1. The number of hydrogen-bond donors (Lipinski definition) is 1. The van der Waals surface area contributed by atoms with Gasteiger partial charge in [-0.1, -0.05) is 0 Å². The Balaban J connectivity index is 2.84. The third-order valence-corrected chi connectivity index (χ3v) is 6.31. The van der Waals surface area contributed by atoms with Crippen LogP contribution in [0.5, 0.6) is 0 Å². The van der Waals surface area contributed by atoms with Crippen LogP contribution in [0, 0.1) is 3.57 Å². The molecule has 2 N–H and O–H groups in total. The van der Waals surface area contributed by atoms with Crippen molar-refractivity contribution in [3.05, 3.63) is 40.0 Å². The summed E-state index contributed by atoms with van der Waals surface area (Å²) in [4.78, 5) is 0. The molecule has 0 amide bonds. The molecule has 0 fully saturated rings. The molecule has 0 bridgehead atoms. The van der Waals surface area contributed by atoms with Crippen LogP contribution in [0.3, 0.4) is 0 Å². The molecule has 0 radical (unpaired) electrons. The summed E-state index contributed by atoms with van der Waals surface area (Å²) in [5.41, 5.74) is 6.77. The summed E-state index contributed by atoms with van der Waals surface area (Å²) < 4.78 is 1.46. The van der Waals surface area contributed by atoms with E-state index in [1.807, 2.05) is 12.1 Å². The first-order valence-corrected chi connectivity index (χ1v) is 11.2. The zero-order valence-corrected chi connectivity index (χ0v) is 11.1. The molecular weight excluding hydrogens is 388 g/mol. The molecule has 2 aromatic carbocycles. The van der Waals surface area contributed by atoms with Crippen LogP contribution in [-0.4, -0.2) is 0 Å². The normalized spacial score (nSPS) is 10.8. The summed E-state index contributed by atoms with van der Waals surface area (Å²) in [6.45, 7) is 0. The molecule has 0 aromatic heterocycles. The Hall–Kier alpha value is -0.0400. The van der Waals surface area contributed by atoms with Gasteiger partial charge >= 0.3 is 98.0 Å². The first-order chi connectivity index (χ1) is 6.33. The quantitative estimate of drug-likeness (QED) is 0.535. The molecule has 13 heavy (non-hydrogen) atoms. The minimum atomic E-state index is 0.109. The van der Waals surface area contributed by atoms with Crippen LogP contribution in [0.25, 0.3) is 10.8 Å². The van der Waals surface area contributed by atoms with E-state index in [1.165, 1.54) is 14.3 Å². The van der Waals surface area contributed by atoms with Crippen molar-refractivity contribution >= 4 is 35.1 Å². The molecule has 0 aliphatic carbocycles. The van der Waals surface area contributed by atoms with E-state index in [4.69, 9.17) is 5.73 Å². The second kappa shape index (κ2) is 4.00. The van der Waals surface area contributed by atoms with E-state index in [9.17, 15) is 0 Å². The van der Waals surface area contributed by atoms with Gasteiger partial charge in [-0.2, -0.15) is 0 Å². The van der Waals surface area contributed by atoms with Crippen molar-refractivity contribution in [2.45, 2.75) is 0 Å². The maximum absolute atomic E-state index is 5.89. The molecule has 0 saturated carbocycles. The van der Waals surface area contributed by atoms with Gasteiger partial charge in [0.1, 0.15) is 0 Å². The molecule has 2 aromatic rings. The van der Waals surface area contributed by atoms with E-state index in [0.717, 1.165) is 5.69 Å². The Morgan fingerprint density at radius 3 is 2.38 bits per heavy atom. The number of halogens is 2. The van der Waals surface area contributed by atoms with Gasteiger partial charge < -0.3 is 0 Å². The number of rotatable bonds is 1. The molecule has 0 spiro atoms. The zero-order valence-electron chi connectivity index (χ0n) is 6.80. The van der Waals surface area contributed by atoms with Crippen LogP contribution >= 0.6 is 18.6 Å². The number of hydrogen-bond acceptors (Lipinski definition) is 1. The van der Waals surface area contributed by atoms with E-state index >= 15 is 0 Å². The molecule has 0 atom stereocenters. The van der Waals surface area contributed by atoms with Gasteiger partial charge in [-0.3, -0.25) is 0 Å². The van der Waals surface area contributed by atoms with Crippen molar-refractivity contribution in [2.75, 3.05) is 5.73 Å². The van der Waals surface area contributed by atoms with Crippen molar-refractivity contribution in [2.24, 2.45) is 0 Å². The van der Waals surface area contributed by atoms with Gasteiger partial charge in [-0.15, -0.1) is 0 Å².